The Kier molecular flexibility index (Phi) is 5.85. The Morgan fingerprint density at radius 3 is 2.31 bits per heavy atom. The molecule has 7 heteroatoms. The average Bonchev–Trinajstić information content (AvgIpc) is 2.67. The quantitative estimate of drug-likeness (QED) is 0.833. The summed E-state index contributed by atoms with van der Waals surface area (Å²) in [6.07, 6.45) is 3.52. The normalized spacial score (nSPS) is 23.4. The van der Waals surface area contributed by atoms with E-state index < -0.39 is 0 Å². The molecule has 0 radical (unpaired) electrons. The number of hydrogen-bond acceptors (Lipinski definition) is 3. The molecule has 140 valence electrons. The number of hydrogen-bond donors (Lipinski definition) is 1. The van der Waals surface area contributed by atoms with E-state index >= 15 is 0 Å². The van der Waals surface area contributed by atoms with Crippen LogP contribution in [-0.2, 0) is 14.4 Å². The number of benzene rings is 1. The molecule has 0 unspecified atom stereocenters. The zero-order valence-electron chi connectivity index (χ0n) is 14.7. The minimum atomic E-state index is -0.383. The topological polar surface area (TPSA) is 69.7 Å². The number of carbonyl (C=O) groups is 3. The Morgan fingerprint density at radius 1 is 1.04 bits per heavy atom. The van der Waals surface area contributed by atoms with Crippen molar-refractivity contribution < 1.29 is 18.8 Å². The minimum Gasteiger partial charge on any atom is -0.342 e. The van der Waals surface area contributed by atoms with Gasteiger partial charge in [0.05, 0.1) is 0 Å². The first kappa shape index (κ1) is 18.4. The lowest BCUT2D eigenvalue weighted by atomic mass is 9.80. The second-order valence-electron chi connectivity index (χ2n) is 7.01. The number of nitrogens with zero attached hydrogens (tertiary/aromatic N) is 2. The van der Waals surface area contributed by atoms with E-state index in [-0.39, 0.29) is 29.5 Å². The highest BCUT2D eigenvalue weighted by molar-refractivity contribution is 5.92. The van der Waals surface area contributed by atoms with Crippen molar-refractivity contribution in [3.05, 3.63) is 30.1 Å². The maximum atomic E-state index is 13.2. The summed E-state index contributed by atoms with van der Waals surface area (Å²) in [5.41, 5.74) is 0.459. The zero-order chi connectivity index (χ0) is 18.5. The number of amides is 3. The average molecular weight is 361 g/mol. The maximum absolute atomic E-state index is 13.2. The van der Waals surface area contributed by atoms with E-state index in [0.29, 0.717) is 57.5 Å². The fourth-order valence-corrected chi connectivity index (χ4v) is 3.72. The summed E-state index contributed by atoms with van der Waals surface area (Å²) in [5.74, 6) is -0.544. The van der Waals surface area contributed by atoms with Gasteiger partial charge >= 0.3 is 0 Å². The van der Waals surface area contributed by atoms with Gasteiger partial charge in [0.1, 0.15) is 5.82 Å². The zero-order valence-corrected chi connectivity index (χ0v) is 14.7. The number of piperazine rings is 1. The van der Waals surface area contributed by atoms with Crippen molar-refractivity contribution in [2.75, 3.05) is 31.5 Å². The van der Waals surface area contributed by atoms with E-state index in [1.54, 1.807) is 17.0 Å². The molecule has 1 aromatic carbocycles. The monoisotopic (exact) mass is 361 g/mol. The second kappa shape index (κ2) is 8.29. The van der Waals surface area contributed by atoms with E-state index in [2.05, 4.69) is 5.32 Å². The first-order valence-electron chi connectivity index (χ1n) is 9.11. The standard InChI is InChI=1S/C19H24FN3O3/c20-16-2-1-3-17(12-16)21-18(25)14-4-6-15(7-5-14)19(26)23-10-8-22(13-24)9-11-23/h1-3,12-15H,4-11H2,(H,21,25). The third-order valence-corrected chi connectivity index (χ3v) is 5.31. The molecule has 0 atom stereocenters. The maximum Gasteiger partial charge on any atom is 0.227 e. The third-order valence-electron chi connectivity index (χ3n) is 5.31. The first-order valence-corrected chi connectivity index (χ1v) is 9.11. The van der Waals surface area contributed by atoms with Crippen LogP contribution in [0.15, 0.2) is 24.3 Å². The SMILES string of the molecule is O=CN1CCN(C(=O)C2CCC(C(=O)Nc3cccc(F)c3)CC2)CC1. The summed E-state index contributed by atoms with van der Waals surface area (Å²) in [6.45, 7) is 2.33. The van der Waals surface area contributed by atoms with Crippen molar-refractivity contribution in [3.8, 4) is 0 Å². The van der Waals surface area contributed by atoms with Gasteiger partial charge in [0, 0.05) is 43.7 Å². The van der Waals surface area contributed by atoms with Crippen molar-refractivity contribution in [1.29, 1.82) is 0 Å². The van der Waals surface area contributed by atoms with Gasteiger partial charge in [-0.2, -0.15) is 0 Å². The Morgan fingerprint density at radius 2 is 1.69 bits per heavy atom. The Bertz CT molecular complexity index is 666. The van der Waals surface area contributed by atoms with Crippen molar-refractivity contribution in [1.82, 2.24) is 9.80 Å². The predicted octanol–water partition coefficient (Wildman–Crippen LogP) is 1.87. The van der Waals surface area contributed by atoms with Crippen LogP contribution in [0.4, 0.5) is 10.1 Å². The Labute approximate surface area is 152 Å². The van der Waals surface area contributed by atoms with E-state index in [1.807, 2.05) is 4.90 Å². The summed E-state index contributed by atoms with van der Waals surface area (Å²) >= 11 is 0. The van der Waals surface area contributed by atoms with Crippen LogP contribution in [0.2, 0.25) is 0 Å². The van der Waals surface area contributed by atoms with Gasteiger partial charge in [0.2, 0.25) is 18.2 Å². The summed E-state index contributed by atoms with van der Waals surface area (Å²) in [7, 11) is 0. The van der Waals surface area contributed by atoms with Crippen LogP contribution in [-0.4, -0.2) is 54.2 Å². The number of anilines is 1. The lowest BCUT2D eigenvalue weighted by molar-refractivity contribution is -0.140. The van der Waals surface area contributed by atoms with Gasteiger partial charge in [-0.05, 0) is 43.9 Å². The van der Waals surface area contributed by atoms with E-state index in [4.69, 9.17) is 0 Å². The van der Waals surface area contributed by atoms with Crippen LogP contribution in [0, 0.1) is 17.7 Å². The van der Waals surface area contributed by atoms with E-state index in [9.17, 15) is 18.8 Å². The summed E-state index contributed by atoms with van der Waals surface area (Å²) in [6, 6.07) is 5.85. The molecule has 1 heterocycles. The Hall–Kier alpha value is -2.44. The fraction of sp³-hybridized carbons (Fsp3) is 0.526. The first-order chi connectivity index (χ1) is 12.6. The molecule has 26 heavy (non-hydrogen) atoms. The molecule has 1 saturated carbocycles. The van der Waals surface area contributed by atoms with Gasteiger partial charge in [0.15, 0.2) is 0 Å². The molecule has 1 saturated heterocycles. The van der Waals surface area contributed by atoms with Crippen LogP contribution in [0.5, 0.6) is 0 Å². The van der Waals surface area contributed by atoms with Crippen LogP contribution >= 0.6 is 0 Å². The predicted molar refractivity (Wildman–Crippen MR) is 94.7 cm³/mol. The molecular weight excluding hydrogens is 337 g/mol. The van der Waals surface area contributed by atoms with Crippen molar-refractivity contribution in [3.63, 3.8) is 0 Å². The molecule has 1 aromatic rings. The van der Waals surface area contributed by atoms with Gasteiger partial charge in [-0.3, -0.25) is 14.4 Å². The molecule has 3 amide bonds. The van der Waals surface area contributed by atoms with Gasteiger partial charge in [0.25, 0.3) is 0 Å². The number of nitrogens with one attached hydrogen (secondary N) is 1. The number of rotatable bonds is 4. The molecule has 0 bridgehead atoms. The molecule has 6 nitrogen and oxygen atoms in total. The number of carbonyl (C=O) groups excluding carboxylic acids is 3. The molecule has 0 aromatic heterocycles. The van der Waals surface area contributed by atoms with Gasteiger partial charge in [-0.15, -0.1) is 0 Å². The molecule has 2 fully saturated rings. The molecule has 1 N–H and O–H groups in total. The number of halogens is 1. The van der Waals surface area contributed by atoms with Crippen LogP contribution in [0.25, 0.3) is 0 Å². The van der Waals surface area contributed by atoms with Crippen molar-refractivity contribution >= 4 is 23.9 Å². The lowest BCUT2D eigenvalue weighted by Gasteiger charge is -2.36. The lowest BCUT2D eigenvalue weighted by Crippen LogP contribution is -2.50. The van der Waals surface area contributed by atoms with Gasteiger partial charge in [-0.25, -0.2) is 4.39 Å². The summed E-state index contributed by atoms with van der Waals surface area (Å²) in [5, 5.41) is 2.76. The highest BCUT2D eigenvalue weighted by atomic mass is 19.1. The highest BCUT2D eigenvalue weighted by Gasteiger charge is 2.33. The smallest absolute Gasteiger partial charge is 0.227 e. The van der Waals surface area contributed by atoms with E-state index in [0.717, 1.165) is 6.41 Å². The molecule has 2 aliphatic rings. The van der Waals surface area contributed by atoms with E-state index in [1.165, 1.54) is 12.1 Å². The van der Waals surface area contributed by atoms with Crippen molar-refractivity contribution in [2.24, 2.45) is 11.8 Å². The summed E-state index contributed by atoms with van der Waals surface area (Å²) in [4.78, 5) is 39.2. The highest BCUT2D eigenvalue weighted by Crippen LogP contribution is 2.31. The molecular formula is C19H24FN3O3. The van der Waals surface area contributed by atoms with Gasteiger partial charge in [-0.1, -0.05) is 6.07 Å². The van der Waals surface area contributed by atoms with Crippen LogP contribution < -0.4 is 5.32 Å². The second-order valence-corrected chi connectivity index (χ2v) is 7.01. The third kappa shape index (κ3) is 4.39. The van der Waals surface area contributed by atoms with Crippen LogP contribution in [0.3, 0.4) is 0 Å². The largest absolute Gasteiger partial charge is 0.342 e. The molecule has 3 rings (SSSR count). The fourth-order valence-electron chi connectivity index (χ4n) is 3.72. The van der Waals surface area contributed by atoms with Crippen LogP contribution in [0.1, 0.15) is 25.7 Å². The molecule has 1 aliphatic heterocycles. The molecule has 1 aliphatic carbocycles. The van der Waals surface area contributed by atoms with Gasteiger partial charge < -0.3 is 15.1 Å². The Balaban J connectivity index is 1.47. The van der Waals surface area contributed by atoms with Crippen molar-refractivity contribution in [2.45, 2.75) is 25.7 Å². The minimum absolute atomic E-state index is 0.0454. The molecule has 0 spiro atoms. The summed E-state index contributed by atoms with van der Waals surface area (Å²) < 4.78 is 13.2.